The van der Waals surface area contributed by atoms with Gasteiger partial charge < -0.3 is 9.47 Å². The zero-order valence-electron chi connectivity index (χ0n) is 9.50. The minimum atomic E-state index is -0.809. The Morgan fingerprint density at radius 1 is 1.50 bits per heavy atom. The second kappa shape index (κ2) is 6.78. The molecule has 0 saturated heterocycles. The fourth-order valence-electron chi connectivity index (χ4n) is 1.11. The lowest BCUT2D eigenvalue weighted by atomic mass is 10.4. The molecule has 1 unspecified atom stereocenters. The van der Waals surface area contributed by atoms with E-state index in [4.69, 9.17) is 9.47 Å². The molecule has 4 heteroatoms. The largest absolute Gasteiger partial charge is 0.462 e. The average molecular weight is 216 g/mol. The van der Waals surface area contributed by atoms with Crippen LogP contribution in [0.3, 0.4) is 0 Å². The summed E-state index contributed by atoms with van der Waals surface area (Å²) >= 11 is 0. The van der Waals surface area contributed by atoms with Crippen LogP contribution in [0, 0.1) is 0 Å². The van der Waals surface area contributed by atoms with Crippen molar-refractivity contribution >= 4 is 14.8 Å². The monoisotopic (exact) mass is 216 g/mol. The predicted octanol–water partition coefficient (Wildman–Crippen LogP) is 1.54. The molecule has 0 aliphatic carbocycles. The lowest BCUT2D eigenvalue weighted by Gasteiger charge is -2.17. The van der Waals surface area contributed by atoms with Crippen molar-refractivity contribution in [2.45, 2.75) is 32.2 Å². The molecule has 14 heavy (non-hydrogen) atoms. The molecule has 0 saturated carbocycles. The summed E-state index contributed by atoms with van der Waals surface area (Å²) in [5.41, 5.74) is 0.730. The zero-order valence-corrected chi connectivity index (χ0v) is 10.7. The Bertz CT molecular complexity index is 202. The van der Waals surface area contributed by atoms with Gasteiger partial charge in [0.25, 0.3) is 0 Å². The fraction of sp³-hybridized carbons (Fsp3) is 0.700. The number of rotatable bonds is 6. The molecule has 0 radical (unpaired) electrons. The van der Waals surface area contributed by atoms with Crippen LogP contribution in [0.1, 0.15) is 13.3 Å². The molecule has 0 N–H and O–H groups in total. The average Bonchev–Trinajstić information content (AvgIpc) is 2.11. The SMILES string of the molecule is C=C(C)C(=O)OCCC(OC)[SiH](C)C. The van der Waals surface area contributed by atoms with Gasteiger partial charge in [0.05, 0.1) is 15.4 Å². The number of hydrogen-bond donors (Lipinski definition) is 0. The Labute approximate surface area is 87.7 Å². The Morgan fingerprint density at radius 2 is 2.07 bits per heavy atom. The standard InChI is InChI=1S/C10H20O3Si/c1-8(2)10(11)13-7-6-9(12-3)14(4)5/h9,14H,1,6-7H2,2-5H3. The molecule has 1 atom stereocenters. The van der Waals surface area contributed by atoms with Crippen LogP contribution in [0.25, 0.3) is 0 Å². The summed E-state index contributed by atoms with van der Waals surface area (Å²) in [5, 5.41) is 0. The summed E-state index contributed by atoms with van der Waals surface area (Å²) in [6.07, 6.45) is 0.791. The van der Waals surface area contributed by atoms with Gasteiger partial charge in [-0.05, 0) is 6.92 Å². The molecule has 0 aliphatic rings. The highest BCUT2D eigenvalue weighted by Crippen LogP contribution is 2.03. The van der Waals surface area contributed by atoms with E-state index >= 15 is 0 Å². The van der Waals surface area contributed by atoms with E-state index in [0.29, 0.717) is 12.2 Å². The third kappa shape index (κ3) is 5.19. The van der Waals surface area contributed by atoms with Crippen molar-refractivity contribution < 1.29 is 14.3 Å². The van der Waals surface area contributed by atoms with Crippen molar-refractivity contribution in [3.8, 4) is 0 Å². The van der Waals surface area contributed by atoms with Crippen LogP contribution >= 0.6 is 0 Å². The van der Waals surface area contributed by atoms with Crippen LogP contribution in [0.15, 0.2) is 12.2 Å². The number of methoxy groups -OCH3 is 1. The molecule has 0 heterocycles. The Morgan fingerprint density at radius 3 is 2.43 bits per heavy atom. The topological polar surface area (TPSA) is 35.5 Å². The maximum absolute atomic E-state index is 11.0. The minimum Gasteiger partial charge on any atom is -0.462 e. The van der Waals surface area contributed by atoms with Crippen molar-refractivity contribution in [1.82, 2.24) is 0 Å². The van der Waals surface area contributed by atoms with E-state index in [1.165, 1.54) is 0 Å². The number of carbonyl (C=O) groups excluding carboxylic acids is 1. The van der Waals surface area contributed by atoms with Gasteiger partial charge in [0.15, 0.2) is 0 Å². The minimum absolute atomic E-state index is 0.285. The van der Waals surface area contributed by atoms with E-state index < -0.39 is 8.80 Å². The van der Waals surface area contributed by atoms with Gasteiger partial charge in [0, 0.05) is 24.8 Å². The van der Waals surface area contributed by atoms with E-state index in [1.807, 2.05) is 0 Å². The lowest BCUT2D eigenvalue weighted by Crippen LogP contribution is -2.28. The second-order valence-electron chi connectivity index (χ2n) is 3.72. The molecular formula is C10H20O3Si. The summed E-state index contributed by atoms with van der Waals surface area (Å²) in [4.78, 5) is 11.0. The predicted molar refractivity (Wildman–Crippen MR) is 60.1 cm³/mol. The van der Waals surface area contributed by atoms with Gasteiger partial charge in [-0.3, -0.25) is 0 Å². The van der Waals surface area contributed by atoms with Gasteiger partial charge in [-0.15, -0.1) is 0 Å². The lowest BCUT2D eigenvalue weighted by molar-refractivity contribution is -0.139. The quantitative estimate of drug-likeness (QED) is 0.384. The third-order valence-electron chi connectivity index (χ3n) is 2.03. The summed E-state index contributed by atoms with van der Waals surface area (Å²) in [6, 6.07) is 0. The van der Waals surface area contributed by atoms with Gasteiger partial charge in [-0.2, -0.15) is 0 Å². The molecule has 0 rings (SSSR count). The molecule has 3 nitrogen and oxygen atoms in total. The van der Waals surface area contributed by atoms with Gasteiger partial charge in [0.1, 0.15) is 0 Å². The molecule has 0 aromatic rings. The normalized spacial score (nSPS) is 12.6. The molecule has 0 spiro atoms. The first-order valence-corrected chi connectivity index (χ1v) is 7.82. The molecular weight excluding hydrogens is 196 g/mol. The number of esters is 1. The number of hydrogen-bond acceptors (Lipinski definition) is 3. The first kappa shape index (κ1) is 13.4. The zero-order chi connectivity index (χ0) is 11.1. The second-order valence-corrected chi connectivity index (χ2v) is 6.95. The molecule has 0 bridgehead atoms. The first-order valence-electron chi connectivity index (χ1n) is 4.84. The number of ether oxygens (including phenoxy) is 2. The van der Waals surface area contributed by atoms with Crippen molar-refractivity contribution in [1.29, 1.82) is 0 Å². The molecule has 0 aromatic carbocycles. The summed E-state index contributed by atoms with van der Waals surface area (Å²) in [5.74, 6) is -0.315. The summed E-state index contributed by atoms with van der Waals surface area (Å²) in [7, 11) is 0.898. The number of carbonyl (C=O) groups is 1. The third-order valence-corrected chi connectivity index (χ3v) is 4.12. The van der Waals surface area contributed by atoms with E-state index in [9.17, 15) is 4.79 Å². The van der Waals surface area contributed by atoms with Crippen LogP contribution < -0.4 is 0 Å². The van der Waals surface area contributed by atoms with Crippen molar-refractivity contribution in [3.05, 3.63) is 12.2 Å². The van der Waals surface area contributed by atoms with Crippen molar-refractivity contribution in [2.75, 3.05) is 13.7 Å². The first-order chi connectivity index (χ1) is 6.49. The molecule has 82 valence electrons. The maximum atomic E-state index is 11.0. The van der Waals surface area contributed by atoms with Crippen molar-refractivity contribution in [3.63, 3.8) is 0 Å². The summed E-state index contributed by atoms with van der Waals surface area (Å²) < 4.78 is 10.3. The highest BCUT2D eigenvalue weighted by atomic mass is 28.3. The fourth-order valence-corrected chi connectivity index (χ4v) is 2.46. The molecule has 0 amide bonds. The van der Waals surface area contributed by atoms with Crippen LogP contribution in [0.4, 0.5) is 0 Å². The Kier molecular flexibility index (Phi) is 6.49. The summed E-state index contributed by atoms with van der Waals surface area (Å²) in [6.45, 7) is 10.0. The molecule has 0 aromatic heterocycles. The van der Waals surface area contributed by atoms with E-state index in [2.05, 4.69) is 19.7 Å². The van der Waals surface area contributed by atoms with E-state index in [0.717, 1.165) is 6.42 Å². The maximum Gasteiger partial charge on any atom is 0.333 e. The van der Waals surface area contributed by atoms with Crippen LogP contribution in [-0.2, 0) is 14.3 Å². The molecule has 0 aliphatic heterocycles. The van der Waals surface area contributed by atoms with E-state index in [1.54, 1.807) is 14.0 Å². The van der Waals surface area contributed by atoms with Gasteiger partial charge in [-0.1, -0.05) is 19.7 Å². The van der Waals surface area contributed by atoms with Gasteiger partial charge in [0.2, 0.25) is 0 Å². The smallest absolute Gasteiger partial charge is 0.333 e. The Hall–Kier alpha value is -0.613. The van der Waals surface area contributed by atoms with E-state index in [-0.39, 0.29) is 11.7 Å². The van der Waals surface area contributed by atoms with Crippen molar-refractivity contribution in [2.24, 2.45) is 0 Å². The van der Waals surface area contributed by atoms with Gasteiger partial charge >= 0.3 is 5.97 Å². The van der Waals surface area contributed by atoms with Crippen LogP contribution in [0.2, 0.25) is 13.1 Å². The highest BCUT2D eigenvalue weighted by molar-refractivity contribution is 6.57. The van der Waals surface area contributed by atoms with Crippen LogP contribution in [-0.4, -0.2) is 34.2 Å². The Balaban J connectivity index is 3.72. The van der Waals surface area contributed by atoms with Crippen LogP contribution in [0.5, 0.6) is 0 Å². The highest BCUT2D eigenvalue weighted by Gasteiger charge is 2.14. The molecule has 0 fully saturated rings. The van der Waals surface area contributed by atoms with Gasteiger partial charge in [-0.25, -0.2) is 4.79 Å².